The van der Waals surface area contributed by atoms with Gasteiger partial charge in [0.25, 0.3) is 10.0 Å². The van der Waals surface area contributed by atoms with Gasteiger partial charge >= 0.3 is 6.18 Å². The maximum absolute atomic E-state index is 11.9. The third-order valence-electron chi connectivity index (χ3n) is 2.22. The summed E-state index contributed by atoms with van der Waals surface area (Å²) < 4.78 is 60.2. The van der Waals surface area contributed by atoms with E-state index in [4.69, 9.17) is 0 Å². The molecule has 1 aromatic rings. The van der Waals surface area contributed by atoms with Gasteiger partial charge in [0.15, 0.2) is 5.03 Å². The minimum absolute atomic E-state index is 0.235. The molecule has 1 rings (SSSR count). The zero-order valence-corrected chi connectivity index (χ0v) is 11.5. The summed E-state index contributed by atoms with van der Waals surface area (Å²) in [5, 5.41) is 1.35. The number of aromatic nitrogens is 2. The first-order valence-electron chi connectivity index (χ1n) is 5.34. The van der Waals surface area contributed by atoms with Crippen LogP contribution < -0.4 is 5.32 Å². The highest BCUT2D eigenvalue weighted by molar-refractivity contribution is 7.89. The second-order valence-corrected chi connectivity index (χ2v) is 6.00. The maximum atomic E-state index is 11.9. The molecule has 0 spiro atoms. The molecule has 2 N–H and O–H groups in total. The van der Waals surface area contributed by atoms with Crippen molar-refractivity contribution in [1.82, 2.24) is 19.6 Å². The molecule has 0 atom stereocenters. The number of carbonyl (C=O) groups excluding carboxylic acids is 1. The van der Waals surface area contributed by atoms with Gasteiger partial charge in [-0.25, -0.2) is 13.4 Å². The van der Waals surface area contributed by atoms with E-state index in [1.54, 1.807) is 5.32 Å². The van der Waals surface area contributed by atoms with E-state index < -0.39 is 35.2 Å². The summed E-state index contributed by atoms with van der Waals surface area (Å²) >= 11 is 0. The summed E-state index contributed by atoms with van der Waals surface area (Å²) in [6.45, 7) is -0.700. The largest absolute Gasteiger partial charge is 0.405 e. The average Bonchev–Trinajstić information content (AvgIpc) is 2.73. The van der Waals surface area contributed by atoms with Gasteiger partial charge in [-0.1, -0.05) is 0 Å². The SMILES string of the molecule is Cc1ncc(S(=O)(=O)N(C)CC(=O)NCC(F)(F)F)[nH]1. The number of alkyl halides is 3. The van der Waals surface area contributed by atoms with Crippen LogP contribution in [0.2, 0.25) is 0 Å². The Labute approximate surface area is 113 Å². The van der Waals surface area contributed by atoms with Crippen molar-refractivity contribution < 1.29 is 26.4 Å². The second kappa shape index (κ2) is 5.79. The molecule has 0 radical (unpaired) electrons. The molecule has 1 aromatic heterocycles. The third-order valence-corrected chi connectivity index (χ3v) is 3.93. The van der Waals surface area contributed by atoms with Crippen LogP contribution >= 0.6 is 0 Å². The van der Waals surface area contributed by atoms with Gasteiger partial charge in [-0.05, 0) is 6.92 Å². The monoisotopic (exact) mass is 314 g/mol. The van der Waals surface area contributed by atoms with Gasteiger partial charge in [-0.15, -0.1) is 0 Å². The standard InChI is InChI=1S/C9H13F3N4O3S/c1-6-13-3-8(15-6)20(18,19)16(2)4-7(17)14-5-9(10,11)12/h3H,4-5H2,1-2H3,(H,13,15)(H,14,17). The van der Waals surface area contributed by atoms with Crippen LogP contribution in [0, 0.1) is 6.92 Å². The number of nitrogens with one attached hydrogen (secondary N) is 2. The molecule has 11 heteroatoms. The highest BCUT2D eigenvalue weighted by Gasteiger charge is 2.29. The van der Waals surface area contributed by atoms with Crippen molar-refractivity contribution in [3.05, 3.63) is 12.0 Å². The van der Waals surface area contributed by atoms with Crippen LogP contribution in [0.25, 0.3) is 0 Å². The summed E-state index contributed by atoms with van der Waals surface area (Å²) in [4.78, 5) is 17.4. The van der Waals surface area contributed by atoms with Crippen LogP contribution in [0.5, 0.6) is 0 Å². The van der Waals surface area contributed by atoms with Gasteiger partial charge in [-0.2, -0.15) is 17.5 Å². The number of rotatable bonds is 5. The van der Waals surface area contributed by atoms with Crippen molar-refractivity contribution in [3.8, 4) is 0 Å². The second-order valence-electron chi connectivity index (χ2n) is 3.99. The maximum Gasteiger partial charge on any atom is 0.405 e. The van der Waals surface area contributed by atoms with Crippen LogP contribution in [0.15, 0.2) is 11.2 Å². The van der Waals surface area contributed by atoms with Gasteiger partial charge in [0.05, 0.1) is 12.7 Å². The van der Waals surface area contributed by atoms with Gasteiger partial charge < -0.3 is 10.3 Å². The highest BCUT2D eigenvalue weighted by Crippen LogP contribution is 2.13. The molecular formula is C9H13F3N4O3S. The summed E-state index contributed by atoms with van der Waals surface area (Å²) in [6.07, 6.45) is -3.48. The number of aryl methyl sites for hydroxylation is 1. The Bertz CT molecular complexity index is 582. The highest BCUT2D eigenvalue weighted by atomic mass is 32.2. The number of halogens is 3. The third kappa shape index (κ3) is 4.49. The number of carbonyl (C=O) groups is 1. The predicted molar refractivity (Wildman–Crippen MR) is 62.2 cm³/mol. The molecule has 1 heterocycles. The minimum atomic E-state index is -4.55. The Hall–Kier alpha value is -1.62. The molecular weight excluding hydrogens is 301 g/mol. The van der Waals surface area contributed by atoms with E-state index >= 15 is 0 Å². The Morgan fingerprint density at radius 1 is 1.50 bits per heavy atom. The first-order valence-corrected chi connectivity index (χ1v) is 6.78. The van der Waals surface area contributed by atoms with E-state index in [1.807, 2.05) is 0 Å². The number of amides is 1. The molecule has 0 aliphatic rings. The first kappa shape index (κ1) is 16.4. The first-order chi connectivity index (χ1) is 9.02. The number of hydrogen-bond acceptors (Lipinski definition) is 4. The Morgan fingerprint density at radius 2 is 2.10 bits per heavy atom. The van der Waals surface area contributed by atoms with Crippen molar-refractivity contribution in [1.29, 1.82) is 0 Å². The van der Waals surface area contributed by atoms with Gasteiger partial charge in [-0.3, -0.25) is 4.79 Å². The van der Waals surface area contributed by atoms with Crippen molar-refractivity contribution >= 4 is 15.9 Å². The molecule has 0 saturated carbocycles. The zero-order chi connectivity index (χ0) is 15.6. The molecule has 0 aromatic carbocycles. The molecule has 7 nitrogen and oxygen atoms in total. The lowest BCUT2D eigenvalue weighted by Crippen LogP contribution is -2.41. The molecule has 20 heavy (non-hydrogen) atoms. The quantitative estimate of drug-likeness (QED) is 0.801. The topological polar surface area (TPSA) is 95.2 Å². The van der Waals surface area contributed by atoms with E-state index in [0.717, 1.165) is 13.2 Å². The fourth-order valence-corrected chi connectivity index (χ4v) is 2.32. The number of nitrogens with zero attached hydrogens (tertiary/aromatic N) is 2. The van der Waals surface area contributed by atoms with Crippen LogP contribution in [0.4, 0.5) is 13.2 Å². The summed E-state index contributed by atoms with van der Waals surface area (Å²) in [7, 11) is -2.91. The number of H-pyrrole nitrogens is 1. The van der Waals surface area contributed by atoms with Crippen molar-refractivity contribution in [3.63, 3.8) is 0 Å². The lowest BCUT2D eigenvalue weighted by atomic mass is 10.5. The smallest absolute Gasteiger partial charge is 0.346 e. The number of hydrogen-bond donors (Lipinski definition) is 2. The normalized spacial score (nSPS) is 12.7. The van der Waals surface area contributed by atoms with Gasteiger partial charge in [0, 0.05) is 7.05 Å². The van der Waals surface area contributed by atoms with E-state index in [1.165, 1.54) is 6.92 Å². The van der Waals surface area contributed by atoms with E-state index in [2.05, 4.69) is 9.97 Å². The predicted octanol–water partition coefficient (Wildman–Crippen LogP) is 0.0171. The molecule has 1 amide bonds. The van der Waals surface area contributed by atoms with Gasteiger partial charge in [0.1, 0.15) is 12.4 Å². The Kier molecular flexibility index (Phi) is 4.76. The van der Waals surface area contributed by atoms with E-state index in [-0.39, 0.29) is 5.03 Å². The van der Waals surface area contributed by atoms with Crippen molar-refractivity contribution in [2.75, 3.05) is 20.1 Å². The molecule has 114 valence electrons. The number of imidazole rings is 1. The van der Waals surface area contributed by atoms with Gasteiger partial charge in [0.2, 0.25) is 5.91 Å². The summed E-state index contributed by atoms with van der Waals surface area (Å²) in [6, 6.07) is 0. The van der Waals surface area contributed by atoms with Crippen LogP contribution in [0.3, 0.4) is 0 Å². The van der Waals surface area contributed by atoms with E-state index in [9.17, 15) is 26.4 Å². The average molecular weight is 314 g/mol. The number of sulfonamides is 1. The van der Waals surface area contributed by atoms with Crippen molar-refractivity contribution in [2.45, 2.75) is 18.1 Å². The number of aromatic amines is 1. The summed E-state index contributed by atoms with van der Waals surface area (Å²) in [5.41, 5.74) is 0. The Morgan fingerprint density at radius 3 is 2.55 bits per heavy atom. The summed E-state index contributed by atoms with van der Waals surface area (Å²) in [5.74, 6) is -0.692. The molecule has 0 bridgehead atoms. The molecule has 0 aliphatic carbocycles. The fourth-order valence-electron chi connectivity index (χ4n) is 1.24. The van der Waals surface area contributed by atoms with Crippen LogP contribution in [-0.4, -0.2) is 54.9 Å². The lowest BCUT2D eigenvalue weighted by Gasteiger charge is -2.16. The number of likely N-dealkylation sites (N-methyl/N-ethyl adjacent to an activating group) is 1. The van der Waals surface area contributed by atoms with E-state index in [0.29, 0.717) is 10.1 Å². The molecule has 0 unspecified atom stereocenters. The zero-order valence-electron chi connectivity index (χ0n) is 10.7. The molecule has 0 saturated heterocycles. The van der Waals surface area contributed by atoms with Crippen molar-refractivity contribution in [2.24, 2.45) is 0 Å². The van der Waals surface area contributed by atoms with Crippen LogP contribution in [-0.2, 0) is 14.8 Å². The molecule has 0 fully saturated rings. The fraction of sp³-hybridized carbons (Fsp3) is 0.556. The lowest BCUT2D eigenvalue weighted by molar-refractivity contribution is -0.138. The molecule has 0 aliphatic heterocycles. The minimum Gasteiger partial charge on any atom is -0.346 e. The van der Waals surface area contributed by atoms with Crippen LogP contribution in [0.1, 0.15) is 5.82 Å². The Balaban J connectivity index is 2.66.